The number of carbonyl (C=O) groups excluding carboxylic acids is 1. The first-order valence-corrected chi connectivity index (χ1v) is 11.5. The normalized spacial score (nSPS) is 17.6. The van der Waals surface area contributed by atoms with Crippen LogP contribution in [0.1, 0.15) is 40.9 Å². The van der Waals surface area contributed by atoms with Crippen molar-refractivity contribution in [3.05, 3.63) is 82.6 Å². The van der Waals surface area contributed by atoms with Crippen LogP contribution in [0.4, 0.5) is 29.1 Å². The van der Waals surface area contributed by atoms with E-state index in [-0.39, 0.29) is 18.0 Å². The third kappa shape index (κ3) is 4.07. The van der Waals surface area contributed by atoms with Gasteiger partial charge >= 0.3 is 6.18 Å². The lowest BCUT2D eigenvalue weighted by Crippen LogP contribution is -2.68. The van der Waals surface area contributed by atoms with Gasteiger partial charge in [-0.2, -0.15) is 18.4 Å². The molecule has 0 aliphatic carbocycles. The molecular formula is C26H22F4N6O. The predicted molar refractivity (Wildman–Crippen MR) is 127 cm³/mol. The van der Waals surface area contributed by atoms with Crippen LogP contribution in [-0.4, -0.2) is 40.9 Å². The van der Waals surface area contributed by atoms with Gasteiger partial charge in [0.2, 0.25) is 5.91 Å². The molecule has 2 aromatic carbocycles. The summed E-state index contributed by atoms with van der Waals surface area (Å²) in [6.45, 7) is 2.51. The minimum Gasteiger partial charge on any atom is -0.363 e. The van der Waals surface area contributed by atoms with E-state index in [0.29, 0.717) is 47.5 Å². The number of nitrogens with one attached hydrogen (secondary N) is 1. The number of nitriles is 1. The molecule has 1 atom stereocenters. The number of nitrogens with zero attached hydrogens (tertiary/aromatic N) is 5. The largest absolute Gasteiger partial charge is 0.419 e. The topological polar surface area (TPSA) is 85.1 Å². The van der Waals surface area contributed by atoms with Crippen LogP contribution in [0, 0.1) is 17.1 Å². The third-order valence-electron chi connectivity index (χ3n) is 6.91. The van der Waals surface area contributed by atoms with Crippen LogP contribution in [-0.2, 0) is 22.9 Å². The molecule has 190 valence electrons. The summed E-state index contributed by atoms with van der Waals surface area (Å²) in [5.74, 6) is -1.16. The van der Waals surface area contributed by atoms with E-state index < -0.39 is 29.0 Å². The zero-order valence-corrected chi connectivity index (χ0v) is 20.0. The summed E-state index contributed by atoms with van der Waals surface area (Å²) in [6.07, 6.45) is -3.51. The van der Waals surface area contributed by atoms with E-state index >= 15 is 0 Å². The molecule has 1 saturated heterocycles. The molecule has 0 bridgehead atoms. The minimum atomic E-state index is -4.82. The fourth-order valence-electron chi connectivity index (χ4n) is 5.16. The summed E-state index contributed by atoms with van der Waals surface area (Å²) in [4.78, 5) is 26.1. The van der Waals surface area contributed by atoms with Crippen LogP contribution in [0.15, 0.2) is 48.8 Å². The molecule has 5 rings (SSSR count). The van der Waals surface area contributed by atoms with Crippen LogP contribution in [0.5, 0.6) is 0 Å². The van der Waals surface area contributed by atoms with Gasteiger partial charge in [-0.05, 0) is 44.3 Å². The van der Waals surface area contributed by atoms with Gasteiger partial charge in [0, 0.05) is 29.9 Å². The molecule has 0 unspecified atom stereocenters. The molecule has 3 heterocycles. The Bertz CT molecular complexity index is 1410. The lowest BCUT2D eigenvalue weighted by atomic mass is 9.71. The van der Waals surface area contributed by atoms with Crippen molar-refractivity contribution < 1.29 is 22.4 Å². The summed E-state index contributed by atoms with van der Waals surface area (Å²) in [5.41, 5.74) is -0.202. The molecule has 7 nitrogen and oxygen atoms in total. The van der Waals surface area contributed by atoms with Crippen molar-refractivity contribution in [1.82, 2.24) is 14.9 Å². The number of halogens is 4. The summed E-state index contributed by atoms with van der Waals surface area (Å²) < 4.78 is 54.6. The molecule has 11 heteroatoms. The number of likely N-dealkylation sites (tertiary alicyclic amines) is 1. The van der Waals surface area contributed by atoms with Crippen molar-refractivity contribution in [1.29, 1.82) is 5.26 Å². The first kappa shape index (κ1) is 24.6. The number of rotatable bonds is 4. The molecule has 1 N–H and O–H groups in total. The number of anilines is 2. The smallest absolute Gasteiger partial charge is 0.363 e. The number of fused-ring (bicyclic) bond motifs is 2. The molecule has 0 radical (unpaired) electrons. The Kier molecular flexibility index (Phi) is 5.87. The summed E-state index contributed by atoms with van der Waals surface area (Å²) in [7, 11) is 1.89. The third-order valence-corrected chi connectivity index (χ3v) is 6.91. The van der Waals surface area contributed by atoms with Crippen molar-refractivity contribution in [2.75, 3.05) is 30.4 Å². The zero-order chi connectivity index (χ0) is 26.5. The monoisotopic (exact) mass is 510 g/mol. The van der Waals surface area contributed by atoms with Crippen LogP contribution in [0.3, 0.4) is 0 Å². The number of amides is 1. The lowest BCUT2D eigenvalue weighted by Gasteiger charge is -2.51. The van der Waals surface area contributed by atoms with Crippen LogP contribution in [0.25, 0.3) is 0 Å². The van der Waals surface area contributed by atoms with Crippen LogP contribution < -0.4 is 10.2 Å². The Morgan fingerprint density at radius 3 is 2.46 bits per heavy atom. The first-order chi connectivity index (χ1) is 17.5. The molecule has 1 aromatic heterocycles. The predicted octanol–water partition coefficient (Wildman–Crippen LogP) is 4.41. The van der Waals surface area contributed by atoms with Crippen molar-refractivity contribution in [2.45, 2.75) is 31.1 Å². The van der Waals surface area contributed by atoms with Crippen molar-refractivity contribution >= 4 is 17.4 Å². The van der Waals surface area contributed by atoms with E-state index in [9.17, 15) is 22.4 Å². The molecule has 3 aromatic rings. The number of carbonyl (C=O) groups is 1. The molecule has 0 saturated carbocycles. The van der Waals surface area contributed by atoms with Gasteiger partial charge in [0.1, 0.15) is 23.4 Å². The molecule has 2 aliphatic heterocycles. The quantitative estimate of drug-likeness (QED) is 0.524. The van der Waals surface area contributed by atoms with Gasteiger partial charge in [-0.1, -0.05) is 12.1 Å². The van der Waals surface area contributed by atoms with Gasteiger partial charge in [-0.15, -0.1) is 0 Å². The van der Waals surface area contributed by atoms with Gasteiger partial charge in [0.05, 0.1) is 35.5 Å². The van der Waals surface area contributed by atoms with Crippen LogP contribution >= 0.6 is 0 Å². The maximum Gasteiger partial charge on any atom is 0.419 e. The highest BCUT2D eigenvalue weighted by molar-refractivity contribution is 6.04. The van der Waals surface area contributed by atoms with Gasteiger partial charge < -0.3 is 15.1 Å². The Hall–Kier alpha value is -4.04. The van der Waals surface area contributed by atoms with Crippen LogP contribution in [0.2, 0.25) is 0 Å². The van der Waals surface area contributed by atoms with E-state index in [4.69, 9.17) is 5.26 Å². The minimum absolute atomic E-state index is 0.104. The maximum atomic E-state index is 14.8. The zero-order valence-electron chi connectivity index (χ0n) is 20.0. The number of hydrogen-bond donors (Lipinski definition) is 1. The average Bonchev–Trinajstić information content (AvgIpc) is 2.84. The number of benzene rings is 2. The summed E-state index contributed by atoms with van der Waals surface area (Å²) in [5, 5.41) is 12.2. The van der Waals surface area contributed by atoms with Crippen molar-refractivity contribution in [3.63, 3.8) is 0 Å². The Morgan fingerprint density at radius 1 is 1.14 bits per heavy atom. The Labute approximate surface area is 210 Å². The lowest BCUT2D eigenvalue weighted by molar-refractivity contribution is -0.140. The number of alkyl halides is 3. The fraction of sp³-hybridized carbons (Fsp3) is 0.308. The fourth-order valence-corrected chi connectivity index (χ4v) is 5.16. The van der Waals surface area contributed by atoms with Crippen molar-refractivity contribution in [3.8, 4) is 6.07 Å². The molecule has 1 amide bonds. The highest BCUT2D eigenvalue weighted by Crippen LogP contribution is 2.44. The molecule has 2 aliphatic rings. The van der Waals surface area contributed by atoms with Gasteiger partial charge in [-0.25, -0.2) is 14.4 Å². The van der Waals surface area contributed by atoms with E-state index in [1.54, 1.807) is 36.1 Å². The van der Waals surface area contributed by atoms with Gasteiger partial charge in [0.25, 0.3) is 0 Å². The molecule has 1 fully saturated rings. The molecular weight excluding hydrogens is 488 g/mol. The van der Waals surface area contributed by atoms with E-state index in [1.807, 2.05) is 11.9 Å². The maximum absolute atomic E-state index is 14.8. The highest BCUT2D eigenvalue weighted by atomic mass is 19.4. The second-order valence-electron chi connectivity index (χ2n) is 9.43. The summed E-state index contributed by atoms with van der Waals surface area (Å²) in [6, 6.07) is 11.0. The number of hydrogen-bond acceptors (Lipinski definition) is 6. The van der Waals surface area contributed by atoms with E-state index in [2.05, 4.69) is 21.4 Å². The number of likely N-dealkylation sites (N-methyl/N-ethyl adjacent to an activating group) is 1. The molecule has 37 heavy (non-hydrogen) atoms. The standard InChI is InChI=1S/C26H22F4N6O/c1-15(18-4-3-5-20(21(18)27)26(28,29)30)34-23-19-11-36(17-8-6-16(10-31)7-9-17)24(37)25(12-35(2)13-25)22(19)32-14-33-23/h3-9,14-15H,11-13H2,1-2H3,(H,32,33,34)/t15-/m1/s1. The Morgan fingerprint density at radius 2 is 1.84 bits per heavy atom. The first-order valence-electron chi connectivity index (χ1n) is 11.5. The SMILES string of the molecule is C[C@@H](Nc1ncnc2c1CN(c1ccc(C#N)cc1)C(=O)C21CN(C)C1)c1cccc(C(F)(F)F)c1F. The molecule has 1 spiro atoms. The van der Waals surface area contributed by atoms with Gasteiger partial charge in [0.15, 0.2) is 0 Å². The number of aromatic nitrogens is 2. The average molecular weight is 510 g/mol. The second kappa shape index (κ2) is 8.81. The second-order valence-corrected chi connectivity index (χ2v) is 9.43. The van der Waals surface area contributed by atoms with Crippen molar-refractivity contribution in [2.24, 2.45) is 0 Å². The summed E-state index contributed by atoms with van der Waals surface area (Å²) >= 11 is 0. The van der Waals surface area contributed by atoms with E-state index in [0.717, 1.165) is 0 Å². The van der Waals surface area contributed by atoms with Gasteiger partial charge in [-0.3, -0.25) is 4.79 Å². The highest BCUT2D eigenvalue weighted by Gasteiger charge is 2.56. The Balaban J connectivity index is 1.54. The van der Waals surface area contributed by atoms with E-state index in [1.165, 1.54) is 18.5 Å².